The summed E-state index contributed by atoms with van der Waals surface area (Å²) >= 11 is 0.685. The molecule has 3 heterocycles. The highest BCUT2D eigenvalue weighted by Gasteiger charge is 2.35. The van der Waals surface area contributed by atoms with Crippen LogP contribution in [0.15, 0.2) is 36.4 Å². The van der Waals surface area contributed by atoms with E-state index in [0.29, 0.717) is 26.9 Å². The molecule has 0 bridgehead atoms. The number of halogens is 5. The van der Waals surface area contributed by atoms with Crippen molar-refractivity contribution in [3.8, 4) is 6.07 Å². The van der Waals surface area contributed by atoms with Gasteiger partial charge in [-0.05, 0) is 36.8 Å². The van der Waals surface area contributed by atoms with Gasteiger partial charge in [0.15, 0.2) is 11.7 Å². The van der Waals surface area contributed by atoms with Crippen LogP contribution in [0.4, 0.5) is 22.0 Å². The number of hydrogen-bond donors (Lipinski definition) is 0. The second-order valence-electron chi connectivity index (χ2n) is 6.64. The van der Waals surface area contributed by atoms with E-state index < -0.39 is 35.9 Å². The highest BCUT2D eigenvalue weighted by atomic mass is 32.1. The van der Waals surface area contributed by atoms with E-state index in [1.807, 2.05) is 0 Å². The zero-order valence-corrected chi connectivity index (χ0v) is 16.4. The van der Waals surface area contributed by atoms with E-state index in [1.165, 1.54) is 31.2 Å². The predicted molar refractivity (Wildman–Crippen MR) is 103 cm³/mol. The summed E-state index contributed by atoms with van der Waals surface area (Å²) in [5.74, 6) is -2.92. The van der Waals surface area contributed by atoms with Gasteiger partial charge in [0.2, 0.25) is 0 Å². The summed E-state index contributed by atoms with van der Waals surface area (Å²) in [4.78, 5) is 20.7. The summed E-state index contributed by atoms with van der Waals surface area (Å²) in [7, 11) is 0. The molecule has 3 aromatic heterocycles. The Hall–Kier alpha value is -3.39. The van der Waals surface area contributed by atoms with Crippen molar-refractivity contribution in [2.45, 2.75) is 25.6 Å². The second-order valence-corrected chi connectivity index (χ2v) is 7.63. The molecule has 4 rings (SSSR count). The van der Waals surface area contributed by atoms with Crippen molar-refractivity contribution in [3.05, 3.63) is 58.4 Å². The molecular weight excluding hydrogens is 439 g/mol. The molecule has 0 saturated carbocycles. The fourth-order valence-corrected chi connectivity index (χ4v) is 4.48. The van der Waals surface area contributed by atoms with Crippen LogP contribution in [0.1, 0.15) is 39.2 Å². The van der Waals surface area contributed by atoms with Gasteiger partial charge in [-0.2, -0.15) is 27.2 Å². The number of aromatic nitrogens is 3. The summed E-state index contributed by atoms with van der Waals surface area (Å²) in [6, 6.07) is 9.69. The summed E-state index contributed by atoms with van der Waals surface area (Å²) in [5, 5.41) is 9.95. The van der Waals surface area contributed by atoms with Gasteiger partial charge in [-0.25, -0.2) is 9.97 Å². The lowest BCUT2D eigenvalue weighted by Crippen LogP contribution is -2.17. The molecule has 11 heteroatoms. The van der Waals surface area contributed by atoms with E-state index in [-0.39, 0.29) is 20.7 Å². The van der Waals surface area contributed by atoms with Gasteiger partial charge >= 0.3 is 12.7 Å². The molecule has 0 radical (unpaired) electrons. The molecule has 0 aliphatic heterocycles. The largest absolute Gasteiger partial charge is 0.433 e. The number of aryl methyl sites for hydroxylation is 1. The molecule has 158 valence electrons. The van der Waals surface area contributed by atoms with Crippen molar-refractivity contribution in [2.24, 2.45) is 0 Å². The molecule has 0 spiro atoms. The number of fused-ring (bicyclic) bond motifs is 2. The fraction of sp³-hybridized carbons (Fsp3) is 0.200. The molecule has 5 nitrogen and oxygen atoms in total. The molecule has 31 heavy (non-hydrogen) atoms. The van der Waals surface area contributed by atoms with Crippen LogP contribution in [-0.4, -0.2) is 20.3 Å². The number of Topliss-reactive ketones (excluding diaryl/α,β-unsaturated/α-hetero) is 1. The van der Waals surface area contributed by atoms with Crippen molar-refractivity contribution in [2.75, 3.05) is 0 Å². The third kappa shape index (κ3) is 3.42. The van der Waals surface area contributed by atoms with Crippen LogP contribution in [0, 0.1) is 18.3 Å². The Bertz CT molecular complexity index is 1370. The third-order valence-electron chi connectivity index (χ3n) is 4.79. The Morgan fingerprint density at radius 1 is 1.16 bits per heavy atom. The predicted octanol–water partition coefficient (Wildman–Crippen LogP) is 5.86. The highest BCUT2D eigenvalue weighted by molar-refractivity contribution is 7.20. The normalized spacial score (nSPS) is 13.1. The number of carbonyl (C=O) groups excluding carboxylic acids is 1. The number of benzene rings is 1. The zero-order valence-electron chi connectivity index (χ0n) is 15.6. The standard InChI is InChI=1S/C20H11F5N4OS/c1-9-10-6-7-14(20(23,24)25)28-18(10)31-16(9)15(30)11(8-26)17-27-12-4-2-3-5-13(12)29(17)19(21)22/h2-7,11,19H,1H3. The van der Waals surface area contributed by atoms with Crippen LogP contribution >= 0.6 is 11.3 Å². The quantitative estimate of drug-likeness (QED) is 0.289. The summed E-state index contributed by atoms with van der Waals surface area (Å²) in [5.41, 5.74) is -0.539. The molecule has 0 fully saturated rings. The molecule has 1 unspecified atom stereocenters. The van der Waals surface area contributed by atoms with Gasteiger partial charge < -0.3 is 0 Å². The Morgan fingerprint density at radius 2 is 1.87 bits per heavy atom. The molecule has 1 atom stereocenters. The summed E-state index contributed by atoms with van der Waals surface area (Å²) in [6.07, 6.45) is -4.66. The number of alkyl halides is 5. The second kappa shape index (κ2) is 7.39. The van der Waals surface area contributed by atoms with Gasteiger partial charge in [0.1, 0.15) is 16.3 Å². The Balaban J connectivity index is 1.85. The molecule has 4 aromatic rings. The van der Waals surface area contributed by atoms with E-state index in [9.17, 15) is 32.0 Å². The number of pyridine rings is 1. The number of nitriles is 1. The average molecular weight is 450 g/mol. The SMILES string of the molecule is Cc1c(C(=O)C(C#N)c2nc3ccccc3n2C(F)F)sc2nc(C(F)(F)F)ccc12. The van der Waals surface area contributed by atoms with Gasteiger partial charge in [0, 0.05) is 5.39 Å². The number of nitrogens with zero attached hydrogens (tertiary/aromatic N) is 4. The Morgan fingerprint density at radius 3 is 2.52 bits per heavy atom. The topological polar surface area (TPSA) is 71.6 Å². The van der Waals surface area contributed by atoms with Crippen molar-refractivity contribution in [1.82, 2.24) is 14.5 Å². The van der Waals surface area contributed by atoms with Gasteiger partial charge in [0.05, 0.1) is 22.0 Å². The number of rotatable bonds is 4. The first-order valence-corrected chi connectivity index (χ1v) is 9.61. The lowest BCUT2D eigenvalue weighted by Gasteiger charge is -2.11. The number of thiophene rings is 1. The third-order valence-corrected chi connectivity index (χ3v) is 6.00. The first-order chi connectivity index (χ1) is 14.6. The van der Waals surface area contributed by atoms with Crippen LogP contribution in [0.5, 0.6) is 0 Å². The van der Waals surface area contributed by atoms with E-state index in [4.69, 9.17) is 0 Å². The summed E-state index contributed by atoms with van der Waals surface area (Å²) < 4.78 is 66.9. The van der Waals surface area contributed by atoms with E-state index >= 15 is 0 Å². The molecule has 0 aliphatic rings. The molecule has 0 saturated heterocycles. The molecule has 0 amide bonds. The van der Waals surface area contributed by atoms with E-state index in [1.54, 1.807) is 12.1 Å². The number of imidazole rings is 1. The highest BCUT2D eigenvalue weighted by Crippen LogP contribution is 2.37. The van der Waals surface area contributed by atoms with E-state index in [2.05, 4.69) is 9.97 Å². The average Bonchev–Trinajstić information content (AvgIpc) is 3.25. The van der Waals surface area contributed by atoms with Gasteiger partial charge in [-0.15, -0.1) is 11.3 Å². The monoisotopic (exact) mass is 450 g/mol. The number of para-hydroxylation sites is 2. The minimum atomic E-state index is -4.66. The van der Waals surface area contributed by atoms with Crippen LogP contribution in [0.2, 0.25) is 0 Å². The number of ketones is 1. The van der Waals surface area contributed by atoms with Crippen LogP contribution in [-0.2, 0) is 6.18 Å². The van der Waals surface area contributed by atoms with Gasteiger partial charge in [-0.3, -0.25) is 9.36 Å². The Labute approximate surface area is 175 Å². The number of hydrogen-bond acceptors (Lipinski definition) is 5. The molecule has 0 N–H and O–H groups in total. The molecule has 0 aliphatic carbocycles. The van der Waals surface area contributed by atoms with Crippen molar-refractivity contribution in [3.63, 3.8) is 0 Å². The van der Waals surface area contributed by atoms with Crippen molar-refractivity contribution < 1.29 is 26.7 Å². The maximum atomic E-state index is 13.7. The minimum Gasteiger partial charge on any atom is -0.291 e. The zero-order chi connectivity index (χ0) is 22.5. The maximum Gasteiger partial charge on any atom is 0.433 e. The maximum absolute atomic E-state index is 13.7. The van der Waals surface area contributed by atoms with Crippen molar-refractivity contribution >= 4 is 38.4 Å². The fourth-order valence-electron chi connectivity index (χ4n) is 3.33. The van der Waals surface area contributed by atoms with Gasteiger partial charge in [-0.1, -0.05) is 12.1 Å². The Kier molecular flexibility index (Phi) is 4.97. The van der Waals surface area contributed by atoms with Gasteiger partial charge in [0.25, 0.3) is 0 Å². The minimum absolute atomic E-state index is 0.0266. The summed E-state index contributed by atoms with van der Waals surface area (Å²) in [6.45, 7) is -1.54. The lowest BCUT2D eigenvalue weighted by molar-refractivity contribution is -0.140. The molecular formula is C20H11F5N4OS. The molecule has 1 aromatic carbocycles. The van der Waals surface area contributed by atoms with Crippen LogP contribution < -0.4 is 0 Å². The first kappa shape index (κ1) is 20.9. The van der Waals surface area contributed by atoms with Crippen molar-refractivity contribution in [1.29, 1.82) is 5.26 Å². The van der Waals surface area contributed by atoms with E-state index in [0.717, 1.165) is 6.07 Å². The van der Waals surface area contributed by atoms with Crippen LogP contribution in [0.3, 0.4) is 0 Å². The first-order valence-electron chi connectivity index (χ1n) is 8.79. The number of carbonyl (C=O) groups is 1. The smallest absolute Gasteiger partial charge is 0.291 e. The lowest BCUT2D eigenvalue weighted by atomic mass is 10.0. The van der Waals surface area contributed by atoms with Crippen LogP contribution in [0.25, 0.3) is 21.3 Å².